The molecule has 2 heterocycles. The van der Waals surface area contributed by atoms with E-state index in [1.807, 2.05) is 19.9 Å². The van der Waals surface area contributed by atoms with Gasteiger partial charge in [-0.25, -0.2) is 23.2 Å². The Hall–Kier alpha value is -3.33. The molecule has 3 rings (SSSR count). The first-order chi connectivity index (χ1) is 13.7. The van der Waals surface area contributed by atoms with E-state index >= 15 is 0 Å². The lowest BCUT2D eigenvalue weighted by Crippen LogP contribution is -2.22. The number of nitrogens with one attached hydrogen (secondary N) is 1. The molecule has 10 heteroatoms. The molecule has 0 unspecified atom stereocenters. The van der Waals surface area contributed by atoms with Crippen LogP contribution in [0.4, 0.5) is 14.5 Å². The number of amides is 1. The summed E-state index contributed by atoms with van der Waals surface area (Å²) in [5, 5.41) is 6.61. The number of esters is 1. The zero-order valence-electron chi connectivity index (χ0n) is 15.4. The number of carbonyl (C=O) groups is 2. The fourth-order valence-electron chi connectivity index (χ4n) is 2.52. The largest absolute Gasteiger partial charge is 0.451 e. The Balaban J connectivity index is 1.68. The molecule has 0 saturated carbocycles. The van der Waals surface area contributed by atoms with Gasteiger partial charge in [-0.3, -0.25) is 4.79 Å². The summed E-state index contributed by atoms with van der Waals surface area (Å²) in [7, 11) is 0. The minimum atomic E-state index is -1.11. The molecule has 3 aromatic rings. The number of aryl methyl sites for hydroxylation is 2. The smallest absolute Gasteiger partial charge is 0.359 e. The average molecular weight is 421 g/mol. The maximum absolute atomic E-state index is 13.2. The van der Waals surface area contributed by atoms with Crippen LogP contribution < -0.4 is 5.32 Å². The quantitative estimate of drug-likeness (QED) is 0.637. The van der Waals surface area contributed by atoms with Crippen molar-refractivity contribution in [1.82, 2.24) is 14.8 Å². The first-order valence-corrected chi connectivity index (χ1v) is 8.74. The minimum absolute atomic E-state index is 0.0210. The normalized spacial score (nSPS) is 10.7. The van der Waals surface area contributed by atoms with Gasteiger partial charge >= 0.3 is 5.97 Å². The van der Waals surface area contributed by atoms with Crippen LogP contribution in [0.15, 0.2) is 36.4 Å². The van der Waals surface area contributed by atoms with Gasteiger partial charge in [0.05, 0.1) is 10.7 Å². The van der Waals surface area contributed by atoms with Gasteiger partial charge in [0.25, 0.3) is 5.91 Å². The third-order valence-electron chi connectivity index (χ3n) is 3.79. The maximum atomic E-state index is 13.2. The van der Waals surface area contributed by atoms with E-state index in [-0.39, 0.29) is 16.4 Å². The highest BCUT2D eigenvalue weighted by Gasteiger charge is 2.18. The minimum Gasteiger partial charge on any atom is -0.451 e. The van der Waals surface area contributed by atoms with E-state index < -0.39 is 30.1 Å². The monoisotopic (exact) mass is 420 g/mol. The van der Waals surface area contributed by atoms with Crippen molar-refractivity contribution in [3.05, 3.63) is 70.1 Å². The van der Waals surface area contributed by atoms with Crippen LogP contribution in [0.25, 0.3) is 5.82 Å². The van der Waals surface area contributed by atoms with Gasteiger partial charge in [-0.2, -0.15) is 5.10 Å². The van der Waals surface area contributed by atoms with Crippen molar-refractivity contribution in [3.63, 3.8) is 0 Å². The Morgan fingerprint density at radius 1 is 1.14 bits per heavy atom. The summed E-state index contributed by atoms with van der Waals surface area (Å²) in [5.41, 5.74) is 1.42. The number of nitrogens with zero attached hydrogens (tertiary/aromatic N) is 3. The highest BCUT2D eigenvalue weighted by atomic mass is 35.5. The van der Waals surface area contributed by atoms with Crippen molar-refractivity contribution in [2.24, 2.45) is 0 Å². The van der Waals surface area contributed by atoms with Crippen molar-refractivity contribution in [3.8, 4) is 5.82 Å². The van der Waals surface area contributed by atoms with Gasteiger partial charge in [-0.05, 0) is 44.2 Å². The summed E-state index contributed by atoms with van der Waals surface area (Å²) >= 11 is 6.03. The summed E-state index contributed by atoms with van der Waals surface area (Å²) in [6.45, 7) is 2.98. The number of hydrogen-bond donors (Lipinski definition) is 1. The summed E-state index contributed by atoms with van der Waals surface area (Å²) < 4.78 is 32.6. The molecule has 0 spiro atoms. The molecule has 0 aliphatic rings. The van der Waals surface area contributed by atoms with E-state index in [0.717, 1.165) is 23.5 Å². The van der Waals surface area contributed by atoms with E-state index in [0.29, 0.717) is 5.82 Å². The summed E-state index contributed by atoms with van der Waals surface area (Å²) in [6.07, 6.45) is 0. The fourth-order valence-corrected chi connectivity index (χ4v) is 2.71. The van der Waals surface area contributed by atoms with Crippen molar-refractivity contribution < 1.29 is 23.1 Å². The molecule has 29 heavy (non-hydrogen) atoms. The first-order valence-electron chi connectivity index (χ1n) is 8.37. The third kappa shape index (κ3) is 4.75. The van der Waals surface area contributed by atoms with Crippen molar-refractivity contribution >= 4 is 29.2 Å². The molecule has 0 atom stereocenters. The molecule has 0 bridgehead atoms. The second-order valence-corrected chi connectivity index (χ2v) is 6.50. The number of anilines is 1. The van der Waals surface area contributed by atoms with E-state index in [4.69, 9.17) is 16.3 Å². The van der Waals surface area contributed by atoms with Crippen molar-refractivity contribution in [1.29, 1.82) is 0 Å². The number of pyridine rings is 1. The number of halogens is 3. The van der Waals surface area contributed by atoms with Crippen LogP contribution in [-0.4, -0.2) is 33.2 Å². The second kappa shape index (κ2) is 8.36. The number of ether oxygens (including phenoxy) is 1. The third-order valence-corrected chi connectivity index (χ3v) is 4.09. The molecule has 0 radical (unpaired) electrons. The van der Waals surface area contributed by atoms with Crippen LogP contribution in [-0.2, 0) is 9.53 Å². The van der Waals surface area contributed by atoms with Gasteiger partial charge in [0.15, 0.2) is 29.8 Å². The van der Waals surface area contributed by atoms with E-state index in [9.17, 15) is 18.4 Å². The average Bonchev–Trinajstić information content (AvgIpc) is 3.01. The molecule has 1 N–H and O–H groups in total. The Labute approximate surface area is 169 Å². The van der Waals surface area contributed by atoms with Gasteiger partial charge in [-0.15, -0.1) is 0 Å². The molecule has 0 aliphatic heterocycles. The van der Waals surface area contributed by atoms with Gasteiger partial charge in [-0.1, -0.05) is 11.6 Å². The Bertz CT molecular complexity index is 1100. The zero-order valence-corrected chi connectivity index (χ0v) is 16.1. The molecular weight excluding hydrogens is 406 g/mol. The van der Waals surface area contributed by atoms with E-state index in [1.54, 1.807) is 6.07 Å². The highest BCUT2D eigenvalue weighted by Crippen LogP contribution is 2.19. The summed E-state index contributed by atoms with van der Waals surface area (Å²) in [6, 6.07) is 7.76. The number of aromatic nitrogens is 3. The highest BCUT2D eigenvalue weighted by molar-refractivity contribution is 6.33. The molecule has 0 aliphatic carbocycles. The lowest BCUT2D eigenvalue weighted by atomic mass is 10.3. The maximum Gasteiger partial charge on any atom is 0.359 e. The van der Waals surface area contributed by atoms with Gasteiger partial charge in [0.1, 0.15) is 0 Å². The lowest BCUT2D eigenvalue weighted by molar-refractivity contribution is -0.119. The van der Waals surface area contributed by atoms with Gasteiger partial charge in [0.2, 0.25) is 0 Å². The number of benzene rings is 1. The predicted octanol–water partition coefficient (Wildman–Crippen LogP) is 3.61. The fraction of sp³-hybridized carbons (Fsp3) is 0.158. The lowest BCUT2D eigenvalue weighted by Gasteiger charge is -2.09. The van der Waals surface area contributed by atoms with E-state index in [2.05, 4.69) is 15.4 Å². The molecule has 7 nitrogen and oxygen atoms in total. The van der Waals surface area contributed by atoms with Crippen LogP contribution >= 0.6 is 11.6 Å². The predicted molar refractivity (Wildman–Crippen MR) is 101 cm³/mol. The SMILES string of the molecule is Cc1cc(C)n(-c2ccc(Cl)c(C(=O)OCC(=O)Nc3ccc(F)c(F)c3)n2)n1. The van der Waals surface area contributed by atoms with Crippen molar-refractivity contribution in [2.45, 2.75) is 13.8 Å². The van der Waals surface area contributed by atoms with Crippen LogP contribution in [0.2, 0.25) is 5.02 Å². The molecule has 150 valence electrons. The summed E-state index contributed by atoms with van der Waals surface area (Å²) in [5.74, 6) is -3.46. The first kappa shape index (κ1) is 20.4. The van der Waals surface area contributed by atoms with Crippen LogP contribution in [0, 0.1) is 25.5 Å². The van der Waals surface area contributed by atoms with E-state index in [1.165, 1.54) is 16.8 Å². The Kier molecular flexibility index (Phi) is 5.88. The number of carbonyl (C=O) groups excluding carboxylic acids is 2. The van der Waals surface area contributed by atoms with Crippen LogP contribution in [0.1, 0.15) is 21.9 Å². The molecule has 0 saturated heterocycles. The van der Waals surface area contributed by atoms with Gasteiger partial charge in [0, 0.05) is 17.4 Å². The molecular formula is C19H15ClF2N4O3. The standard InChI is InChI=1S/C19H15ClF2N4O3/c1-10-7-11(2)26(25-10)16-6-4-13(20)18(24-16)19(28)29-9-17(27)23-12-3-5-14(21)15(22)8-12/h3-8H,9H2,1-2H3,(H,23,27). The molecule has 1 amide bonds. The topological polar surface area (TPSA) is 86.1 Å². The number of rotatable bonds is 5. The van der Waals surface area contributed by atoms with Crippen LogP contribution in [0.5, 0.6) is 0 Å². The summed E-state index contributed by atoms with van der Waals surface area (Å²) in [4.78, 5) is 28.4. The Morgan fingerprint density at radius 3 is 2.55 bits per heavy atom. The molecule has 0 fully saturated rings. The number of hydrogen-bond acceptors (Lipinski definition) is 5. The zero-order chi connectivity index (χ0) is 21.1. The molecule has 2 aromatic heterocycles. The Morgan fingerprint density at radius 2 is 1.90 bits per heavy atom. The van der Waals surface area contributed by atoms with Gasteiger partial charge < -0.3 is 10.1 Å². The van der Waals surface area contributed by atoms with Crippen LogP contribution in [0.3, 0.4) is 0 Å². The molecule has 1 aromatic carbocycles. The van der Waals surface area contributed by atoms with Crippen molar-refractivity contribution in [2.75, 3.05) is 11.9 Å². The second-order valence-electron chi connectivity index (χ2n) is 6.09.